The molecule has 3 N–H and O–H groups in total. The molecule has 6 heteroatoms. The lowest BCUT2D eigenvalue weighted by atomic mass is 10.0. The number of carbonyl (C=O) groups is 2. The molecule has 1 aliphatic heterocycles. The Morgan fingerprint density at radius 2 is 2.12 bits per heavy atom. The highest BCUT2D eigenvalue weighted by Gasteiger charge is 2.26. The summed E-state index contributed by atoms with van der Waals surface area (Å²) in [5.41, 5.74) is 6.55. The largest absolute Gasteiger partial charge is 0.354 e. The third kappa shape index (κ3) is 5.91. The van der Waals surface area contributed by atoms with Gasteiger partial charge in [0.15, 0.2) is 0 Å². The number of amides is 2. The first-order valence-corrected chi connectivity index (χ1v) is 9.40. The highest BCUT2D eigenvalue weighted by atomic mass is 79.9. The number of piperidine rings is 1. The van der Waals surface area contributed by atoms with Crippen molar-refractivity contribution in [1.82, 2.24) is 10.2 Å². The average Bonchev–Trinajstić information content (AvgIpc) is 2.58. The summed E-state index contributed by atoms with van der Waals surface area (Å²) in [5.74, 6) is 0.136. The van der Waals surface area contributed by atoms with Gasteiger partial charge < -0.3 is 16.0 Å². The molecule has 0 aliphatic carbocycles. The monoisotopic (exact) mass is 395 g/mol. The number of benzene rings is 1. The highest BCUT2D eigenvalue weighted by Crippen LogP contribution is 2.19. The fraction of sp³-hybridized carbons (Fsp3) is 0.556. The zero-order valence-electron chi connectivity index (χ0n) is 14.0. The van der Waals surface area contributed by atoms with Gasteiger partial charge in [-0.2, -0.15) is 0 Å². The lowest BCUT2D eigenvalue weighted by Gasteiger charge is -2.36. The minimum Gasteiger partial charge on any atom is -0.354 e. The molecule has 1 aromatic rings. The van der Waals surface area contributed by atoms with Crippen LogP contribution in [0.4, 0.5) is 0 Å². The van der Waals surface area contributed by atoms with E-state index in [9.17, 15) is 9.59 Å². The van der Waals surface area contributed by atoms with Gasteiger partial charge in [0.05, 0.1) is 0 Å². The van der Waals surface area contributed by atoms with Crippen molar-refractivity contribution >= 4 is 27.7 Å². The van der Waals surface area contributed by atoms with Crippen LogP contribution in [-0.4, -0.2) is 42.4 Å². The van der Waals surface area contributed by atoms with Crippen LogP contribution in [0.2, 0.25) is 0 Å². The molecule has 1 fully saturated rings. The van der Waals surface area contributed by atoms with Gasteiger partial charge in [-0.05, 0) is 43.4 Å². The second-order valence-electron chi connectivity index (χ2n) is 6.21. The quantitative estimate of drug-likeness (QED) is 0.742. The summed E-state index contributed by atoms with van der Waals surface area (Å²) >= 11 is 3.46. The van der Waals surface area contributed by atoms with E-state index < -0.39 is 0 Å². The van der Waals surface area contributed by atoms with Gasteiger partial charge in [-0.25, -0.2) is 0 Å². The van der Waals surface area contributed by atoms with Crippen molar-refractivity contribution < 1.29 is 9.59 Å². The van der Waals surface area contributed by atoms with E-state index in [2.05, 4.69) is 21.2 Å². The van der Waals surface area contributed by atoms with Crippen LogP contribution in [-0.2, 0) is 16.0 Å². The topological polar surface area (TPSA) is 75.4 Å². The molecule has 1 aromatic carbocycles. The molecular formula is C18H26BrN3O2. The number of nitrogens with two attached hydrogens (primary N) is 1. The number of halogens is 1. The Bertz CT molecular complexity index is 565. The zero-order valence-corrected chi connectivity index (χ0v) is 15.6. The number of rotatable bonds is 7. The van der Waals surface area contributed by atoms with Gasteiger partial charge in [0, 0.05) is 43.0 Å². The minimum absolute atomic E-state index is 0.0374. The van der Waals surface area contributed by atoms with Gasteiger partial charge in [0.25, 0.3) is 0 Å². The van der Waals surface area contributed by atoms with E-state index in [1.807, 2.05) is 29.2 Å². The number of nitrogens with zero attached hydrogens (tertiary/aromatic N) is 1. The summed E-state index contributed by atoms with van der Waals surface area (Å²) in [5, 5.41) is 2.90. The standard InChI is InChI=1S/C18H26BrN3O2/c19-15-5-3-4-14(12-15)7-8-18(24)22-11-2-1-6-16(22)13-21-17(23)9-10-20/h3-5,12,16H,1-2,6-11,13,20H2,(H,21,23). The summed E-state index contributed by atoms with van der Waals surface area (Å²) in [6.07, 6.45) is 4.67. The third-order valence-electron chi connectivity index (χ3n) is 4.37. The molecule has 0 saturated carbocycles. The van der Waals surface area contributed by atoms with Crippen molar-refractivity contribution in [2.75, 3.05) is 19.6 Å². The molecule has 1 unspecified atom stereocenters. The number of aryl methyl sites for hydroxylation is 1. The van der Waals surface area contributed by atoms with E-state index in [0.29, 0.717) is 25.9 Å². The van der Waals surface area contributed by atoms with Crippen LogP contribution >= 0.6 is 15.9 Å². The lowest BCUT2D eigenvalue weighted by Crippen LogP contribution is -2.49. The Hall–Kier alpha value is -1.40. The Morgan fingerprint density at radius 3 is 2.88 bits per heavy atom. The molecule has 1 aliphatic rings. The van der Waals surface area contributed by atoms with Gasteiger partial charge in [-0.1, -0.05) is 28.1 Å². The Labute approximate surface area is 152 Å². The fourth-order valence-corrected chi connectivity index (χ4v) is 3.53. The molecular weight excluding hydrogens is 370 g/mol. The molecule has 132 valence electrons. The Balaban J connectivity index is 1.86. The number of nitrogens with one attached hydrogen (secondary N) is 1. The predicted octanol–water partition coefficient (Wildman–Crippen LogP) is 2.23. The van der Waals surface area contributed by atoms with E-state index in [1.165, 1.54) is 0 Å². The summed E-state index contributed by atoms with van der Waals surface area (Å²) in [6, 6.07) is 8.17. The SMILES string of the molecule is NCCC(=O)NCC1CCCCN1C(=O)CCc1cccc(Br)c1. The summed E-state index contributed by atoms with van der Waals surface area (Å²) in [6.45, 7) is 1.67. The summed E-state index contributed by atoms with van der Waals surface area (Å²) in [4.78, 5) is 26.2. The lowest BCUT2D eigenvalue weighted by molar-refractivity contribution is -0.135. The molecule has 2 rings (SSSR count). The van der Waals surface area contributed by atoms with Crippen molar-refractivity contribution in [2.24, 2.45) is 5.73 Å². The van der Waals surface area contributed by atoms with Gasteiger partial charge in [-0.15, -0.1) is 0 Å². The van der Waals surface area contributed by atoms with Crippen molar-refractivity contribution in [1.29, 1.82) is 0 Å². The van der Waals surface area contributed by atoms with Crippen molar-refractivity contribution in [3.05, 3.63) is 34.3 Å². The second kappa shape index (κ2) is 9.79. The maximum Gasteiger partial charge on any atom is 0.223 e. The molecule has 5 nitrogen and oxygen atoms in total. The zero-order chi connectivity index (χ0) is 17.4. The minimum atomic E-state index is -0.0374. The first-order valence-electron chi connectivity index (χ1n) is 8.61. The van der Waals surface area contributed by atoms with Crippen LogP contribution in [0.5, 0.6) is 0 Å². The van der Waals surface area contributed by atoms with Crippen LogP contribution in [0.1, 0.15) is 37.7 Å². The van der Waals surface area contributed by atoms with Crippen molar-refractivity contribution in [3.8, 4) is 0 Å². The molecule has 0 aromatic heterocycles. The van der Waals surface area contributed by atoms with E-state index in [-0.39, 0.29) is 17.9 Å². The van der Waals surface area contributed by atoms with Gasteiger partial charge >= 0.3 is 0 Å². The maximum atomic E-state index is 12.6. The molecule has 1 saturated heterocycles. The number of carbonyl (C=O) groups excluding carboxylic acids is 2. The normalized spacial score (nSPS) is 17.6. The van der Waals surface area contributed by atoms with Gasteiger partial charge in [-0.3, -0.25) is 9.59 Å². The third-order valence-corrected chi connectivity index (χ3v) is 4.86. The van der Waals surface area contributed by atoms with Crippen LogP contribution in [0.15, 0.2) is 28.7 Å². The average molecular weight is 396 g/mol. The van der Waals surface area contributed by atoms with Crippen LogP contribution in [0.25, 0.3) is 0 Å². The smallest absolute Gasteiger partial charge is 0.223 e. The van der Waals surface area contributed by atoms with E-state index >= 15 is 0 Å². The molecule has 0 spiro atoms. The Kier molecular flexibility index (Phi) is 7.72. The van der Waals surface area contributed by atoms with Crippen LogP contribution in [0.3, 0.4) is 0 Å². The predicted molar refractivity (Wildman–Crippen MR) is 98.5 cm³/mol. The molecule has 24 heavy (non-hydrogen) atoms. The number of hydrogen-bond acceptors (Lipinski definition) is 3. The number of likely N-dealkylation sites (tertiary alicyclic amines) is 1. The highest BCUT2D eigenvalue weighted by molar-refractivity contribution is 9.10. The summed E-state index contributed by atoms with van der Waals surface area (Å²) in [7, 11) is 0. The first kappa shape index (κ1) is 18.9. The van der Waals surface area contributed by atoms with E-state index in [1.54, 1.807) is 0 Å². The van der Waals surface area contributed by atoms with E-state index in [4.69, 9.17) is 5.73 Å². The first-order chi connectivity index (χ1) is 11.6. The van der Waals surface area contributed by atoms with E-state index in [0.717, 1.165) is 42.3 Å². The second-order valence-corrected chi connectivity index (χ2v) is 7.13. The van der Waals surface area contributed by atoms with Gasteiger partial charge in [0.2, 0.25) is 11.8 Å². The summed E-state index contributed by atoms with van der Waals surface area (Å²) < 4.78 is 1.03. The van der Waals surface area contributed by atoms with Crippen molar-refractivity contribution in [2.45, 2.75) is 44.6 Å². The number of hydrogen-bond donors (Lipinski definition) is 2. The Morgan fingerprint density at radius 1 is 1.29 bits per heavy atom. The van der Waals surface area contributed by atoms with Gasteiger partial charge in [0.1, 0.15) is 0 Å². The molecule has 1 atom stereocenters. The van der Waals surface area contributed by atoms with Crippen molar-refractivity contribution in [3.63, 3.8) is 0 Å². The molecule has 1 heterocycles. The fourth-order valence-electron chi connectivity index (χ4n) is 3.08. The maximum absolute atomic E-state index is 12.6. The van der Waals surface area contributed by atoms with Crippen LogP contribution < -0.4 is 11.1 Å². The molecule has 0 bridgehead atoms. The molecule has 2 amide bonds. The molecule has 0 radical (unpaired) electrons. The van der Waals surface area contributed by atoms with Crippen LogP contribution in [0, 0.1) is 0 Å².